The number of para-hydroxylation sites is 3. The summed E-state index contributed by atoms with van der Waals surface area (Å²) in [7, 11) is 0. The van der Waals surface area contributed by atoms with Gasteiger partial charge in [-0.3, -0.25) is 0 Å². The number of thiophene rings is 1. The molecule has 5 nitrogen and oxygen atoms in total. The summed E-state index contributed by atoms with van der Waals surface area (Å²) in [6.07, 6.45) is 0. The zero-order valence-corrected chi connectivity index (χ0v) is 31.2. The Hall–Kier alpha value is -7.41. The van der Waals surface area contributed by atoms with E-state index in [9.17, 15) is 0 Å². The van der Waals surface area contributed by atoms with Gasteiger partial charge in [0.05, 0.1) is 16.7 Å². The highest BCUT2D eigenvalue weighted by Crippen LogP contribution is 2.42. The SMILES string of the molecule is c1ccc(-c2nc(-c3ccc4c(c3)oc3cccc(-c5ccccc5-n5c6ccccc6c6ccccc65)c34)nc(-c3ccc4c(c3)sc3ccccc34)n2)cc1. The molecule has 0 radical (unpaired) electrons. The van der Waals surface area contributed by atoms with Gasteiger partial charge in [-0.1, -0.05) is 133 Å². The highest BCUT2D eigenvalue weighted by molar-refractivity contribution is 7.25. The zero-order valence-electron chi connectivity index (χ0n) is 30.4. The average Bonchev–Trinajstić information content (AvgIpc) is 3.95. The number of furan rings is 1. The van der Waals surface area contributed by atoms with Gasteiger partial charge in [0.1, 0.15) is 11.2 Å². The van der Waals surface area contributed by atoms with Gasteiger partial charge < -0.3 is 8.98 Å². The second-order valence-corrected chi connectivity index (χ2v) is 15.4. The lowest BCUT2D eigenvalue weighted by Crippen LogP contribution is -2.00. The Bertz CT molecular complexity index is 3490. The van der Waals surface area contributed by atoms with Crippen LogP contribution in [0.15, 0.2) is 186 Å². The second kappa shape index (κ2) is 12.6. The van der Waals surface area contributed by atoms with Gasteiger partial charge in [0.2, 0.25) is 0 Å². The van der Waals surface area contributed by atoms with Crippen LogP contribution in [0.4, 0.5) is 0 Å². The maximum atomic E-state index is 6.68. The van der Waals surface area contributed by atoms with E-state index in [2.05, 4.69) is 156 Å². The van der Waals surface area contributed by atoms with Crippen LogP contribution in [-0.4, -0.2) is 19.5 Å². The molecule has 0 atom stereocenters. The molecule has 0 saturated carbocycles. The van der Waals surface area contributed by atoms with Gasteiger partial charge in [0, 0.05) is 64.0 Å². The lowest BCUT2D eigenvalue weighted by Gasteiger charge is -2.14. The van der Waals surface area contributed by atoms with E-state index >= 15 is 0 Å². The third kappa shape index (κ3) is 5.04. The Balaban J connectivity index is 1.02. The summed E-state index contributed by atoms with van der Waals surface area (Å²) >= 11 is 1.79. The summed E-state index contributed by atoms with van der Waals surface area (Å²) in [5, 5.41) is 7.09. The molecule has 57 heavy (non-hydrogen) atoms. The molecule has 0 aliphatic rings. The summed E-state index contributed by atoms with van der Waals surface area (Å²) in [4.78, 5) is 15.2. The molecule has 8 aromatic carbocycles. The van der Waals surface area contributed by atoms with E-state index in [1.807, 2.05) is 30.3 Å². The number of fused-ring (bicyclic) bond motifs is 9. The number of aromatic nitrogens is 4. The Labute approximate surface area is 330 Å². The fraction of sp³-hybridized carbons (Fsp3) is 0. The summed E-state index contributed by atoms with van der Waals surface area (Å²) < 4.78 is 11.5. The van der Waals surface area contributed by atoms with Crippen LogP contribution in [0, 0.1) is 0 Å². The van der Waals surface area contributed by atoms with Crippen molar-refractivity contribution in [2.45, 2.75) is 0 Å². The maximum Gasteiger partial charge on any atom is 0.164 e. The van der Waals surface area contributed by atoms with Gasteiger partial charge in [0.15, 0.2) is 17.5 Å². The van der Waals surface area contributed by atoms with Crippen LogP contribution in [0.5, 0.6) is 0 Å². The molecule has 4 heterocycles. The first-order chi connectivity index (χ1) is 28.2. The van der Waals surface area contributed by atoms with E-state index in [0.29, 0.717) is 17.5 Å². The number of hydrogen-bond donors (Lipinski definition) is 0. The molecule has 4 aromatic heterocycles. The molecule has 0 saturated heterocycles. The van der Waals surface area contributed by atoms with E-state index in [-0.39, 0.29) is 0 Å². The third-order valence-electron chi connectivity index (χ3n) is 11.1. The van der Waals surface area contributed by atoms with Crippen molar-refractivity contribution in [3.8, 4) is 51.0 Å². The molecule has 0 fully saturated rings. The molecule has 0 amide bonds. The lowest BCUT2D eigenvalue weighted by atomic mass is 9.97. The van der Waals surface area contributed by atoms with Crippen molar-refractivity contribution < 1.29 is 4.42 Å². The largest absolute Gasteiger partial charge is 0.456 e. The highest BCUT2D eigenvalue weighted by atomic mass is 32.1. The summed E-state index contributed by atoms with van der Waals surface area (Å²) in [5.74, 6) is 1.85. The van der Waals surface area contributed by atoms with Crippen molar-refractivity contribution in [2.75, 3.05) is 0 Å². The molecule has 0 aliphatic heterocycles. The van der Waals surface area contributed by atoms with E-state index in [1.54, 1.807) is 11.3 Å². The van der Waals surface area contributed by atoms with Crippen LogP contribution >= 0.6 is 11.3 Å². The molecule has 0 bridgehead atoms. The Morgan fingerprint density at radius 2 is 0.965 bits per heavy atom. The summed E-state index contributed by atoms with van der Waals surface area (Å²) in [6.45, 7) is 0. The van der Waals surface area contributed by atoms with Crippen LogP contribution < -0.4 is 0 Å². The van der Waals surface area contributed by atoms with Gasteiger partial charge in [0.25, 0.3) is 0 Å². The van der Waals surface area contributed by atoms with Crippen LogP contribution in [0.25, 0.3) is 115 Å². The number of benzene rings is 8. The monoisotopic (exact) mass is 746 g/mol. The van der Waals surface area contributed by atoms with E-state index in [1.165, 1.54) is 42.0 Å². The Kier molecular flexibility index (Phi) is 7.03. The molecular weight excluding hydrogens is 717 g/mol. The van der Waals surface area contributed by atoms with Crippen molar-refractivity contribution in [1.82, 2.24) is 19.5 Å². The predicted molar refractivity (Wildman–Crippen MR) is 236 cm³/mol. The predicted octanol–water partition coefficient (Wildman–Crippen LogP) is 13.9. The smallest absolute Gasteiger partial charge is 0.164 e. The third-order valence-corrected chi connectivity index (χ3v) is 12.2. The first-order valence-corrected chi connectivity index (χ1v) is 19.8. The number of nitrogens with zero attached hydrogens (tertiary/aromatic N) is 4. The molecule has 0 spiro atoms. The van der Waals surface area contributed by atoms with Crippen molar-refractivity contribution >= 4 is 75.3 Å². The maximum absolute atomic E-state index is 6.68. The van der Waals surface area contributed by atoms with Crippen LogP contribution in [0.1, 0.15) is 0 Å². The molecule has 0 aliphatic carbocycles. The number of hydrogen-bond acceptors (Lipinski definition) is 5. The fourth-order valence-electron chi connectivity index (χ4n) is 8.48. The minimum absolute atomic E-state index is 0.592. The molecule has 0 N–H and O–H groups in total. The molecular formula is C51H30N4OS. The zero-order chi connectivity index (χ0) is 37.5. The van der Waals surface area contributed by atoms with E-state index < -0.39 is 0 Å². The van der Waals surface area contributed by atoms with Gasteiger partial charge in [-0.15, -0.1) is 11.3 Å². The molecule has 266 valence electrons. The topological polar surface area (TPSA) is 56.7 Å². The Morgan fingerprint density at radius 3 is 1.74 bits per heavy atom. The molecule has 6 heteroatoms. The molecule has 12 aromatic rings. The minimum Gasteiger partial charge on any atom is -0.456 e. The molecule has 12 rings (SSSR count). The molecule has 0 unspecified atom stereocenters. The highest BCUT2D eigenvalue weighted by Gasteiger charge is 2.20. The quantitative estimate of drug-likeness (QED) is 0.176. The Morgan fingerprint density at radius 1 is 0.386 bits per heavy atom. The van der Waals surface area contributed by atoms with Gasteiger partial charge in [-0.2, -0.15) is 0 Å². The normalized spacial score (nSPS) is 11.9. The van der Waals surface area contributed by atoms with Crippen molar-refractivity contribution in [3.05, 3.63) is 182 Å². The van der Waals surface area contributed by atoms with E-state index in [0.717, 1.165) is 55.4 Å². The van der Waals surface area contributed by atoms with Crippen LogP contribution in [-0.2, 0) is 0 Å². The summed E-state index contributed by atoms with van der Waals surface area (Å²) in [6, 6.07) is 63.8. The van der Waals surface area contributed by atoms with Crippen molar-refractivity contribution in [1.29, 1.82) is 0 Å². The fourth-order valence-corrected chi connectivity index (χ4v) is 9.63. The average molecular weight is 747 g/mol. The minimum atomic E-state index is 0.592. The summed E-state index contributed by atoms with van der Waals surface area (Å²) in [5.41, 5.74) is 10.1. The van der Waals surface area contributed by atoms with Gasteiger partial charge in [-0.05, 0) is 54.1 Å². The number of rotatable bonds is 5. The van der Waals surface area contributed by atoms with Crippen molar-refractivity contribution in [2.24, 2.45) is 0 Å². The van der Waals surface area contributed by atoms with Gasteiger partial charge in [-0.25, -0.2) is 15.0 Å². The van der Waals surface area contributed by atoms with Crippen LogP contribution in [0.3, 0.4) is 0 Å². The van der Waals surface area contributed by atoms with Crippen LogP contribution in [0.2, 0.25) is 0 Å². The lowest BCUT2D eigenvalue weighted by molar-refractivity contribution is 0.669. The first kappa shape index (κ1) is 31.9. The van der Waals surface area contributed by atoms with Crippen molar-refractivity contribution in [3.63, 3.8) is 0 Å². The van der Waals surface area contributed by atoms with E-state index in [4.69, 9.17) is 19.4 Å². The second-order valence-electron chi connectivity index (χ2n) is 14.4. The van der Waals surface area contributed by atoms with Gasteiger partial charge >= 0.3 is 0 Å². The standard InChI is InChI=1S/C51H30N4OS/c1-2-13-31(14-3-1)49-52-50(54-51(53-49)33-25-27-38-37-18-7-11-24-46(37)57-47(38)30-33)32-26-28-40-45(29-32)56-44-23-12-19-39(48(40)44)36-17-6-10-22-43(36)55-41-20-8-4-15-34(41)35-16-5-9-21-42(35)55/h1-30H. The first-order valence-electron chi connectivity index (χ1n) is 19.0.